The van der Waals surface area contributed by atoms with Crippen LogP contribution in [-0.2, 0) is 0 Å². The van der Waals surface area contributed by atoms with Crippen LogP contribution in [-0.4, -0.2) is 20.8 Å². The minimum atomic E-state index is 0.528. The third kappa shape index (κ3) is 2.24. The summed E-state index contributed by atoms with van der Waals surface area (Å²) >= 11 is 6.67. The van der Waals surface area contributed by atoms with Gasteiger partial charge in [0.05, 0.1) is 0 Å². The topological polar surface area (TPSA) is 30.7 Å². The van der Waals surface area contributed by atoms with Crippen molar-refractivity contribution in [3.8, 4) is 5.69 Å². The summed E-state index contributed by atoms with van der Waals surface area (Å²) in [7, 11) is 0. The number of nitrogens with zero attached hydrogens (tertiary/aromatic N) is 3. The predicted molar refractivity (Wildman–Crippen MR) is 64.0 cm³/mol. The first-order valence-corrected chi connectivity index (χ1v) is 5.99. The minimum absolute atomic E-state index is 0.528. The molecule has 0 spiro atoms. The summed E-state index contributed by atoms with van der Waals surface area (Å²) in [6.07, 6.45) is 3.63. The van der Waals surface area contributed by atoms with E-state index in [0.29, 0.717) is 9.93 Å². The van der Waals surface area contributed by atoms with Crippen LogP contribution < -0.4 is 0 Å². The number of hydrogen-bond donors (Lipinski definition) is 0. The van der Waals surface area contributed by atoms with Crippen LogP contribution in [0.1, 0.15) is 0 Å². The van der Waals surface area contributed by atoms with E-state index in [1.165, 1.54) is 11.8 Å². The van der Waals surface area contributed by atoms with Gasteiger partial charge in [0.15, 0.2) is 5.16 Å². The molecular weight excluding hydrogens is 226 g/mol. The van der Waals surface area contributed by atoms with E-state index in [9.17, 15) is 0 Å². The van der Waals surface area contributed by atoms with Gasteiger partial charge >= 0.3 is 0 Å². The van der Waals surface area contributed by atoms with Crippen LogP contribution in [0.4, 0.5) is 0 Å². The molecule has 2 rings (SSSR count). The second-order valence-corrected chi connectivity index (χ2v) is 3.97. The molecule has 0 N–H and O–H groups in total. The normalized spacial score (nSPS) is 10.2. The van der Waals surface area contributed by atoms with Gasteiger partial charge in [-0.1, -0.05) is 30.0 Å². The Morgan fingerprint density at radius 2 is 2.00 bits per heavy atom. The monoisotopic (exact) mass is 235 g/mol. The van der Waals surface area contributed by atoms with Gasteiger partial charge in [0.25, 0.3) is 0 Å². The first kappa shape index (κ1) is 10.3. The fourth-order valence-electron chi connectivity index (χ4n) is 1.19. The molecule has 0 atom stereocenters. The van der Waals surface area contributed by atoms with E-state index in [2.05, 4.69) is 9.97 Å². The lowest BCUT2D eigenvalue weighted by Gasteiger charge is -2.05. The van der Waals surface area contributed by atoms with E-state index < -0.39 is 0 Å². The summed E-state index contributed by atoms with van der Waals surface area (Å²) in [6.45, 7) is 0. The summed E-state index contributed by atoms with van der Waals surface area (Å²) in [5, 5.41) is 0.701. The third-order valence-electron chi connectivity index (χ3n) is 1.90. The van der Waals surface area contributed by atoms with E-state index in [1.807, 2.05) is 36.6 Å². The van der Waals surface area contributed by atoms with Crippen molar-refractivity contribution in [2.24, 2.45) is 0 Å². The molecule has 15 heavy (non-hydrogen) atoms. The number of rotatable bonds is 2. The smallest absolute Gasteiger partial charge is 0.207 e. The molecule has 0 unspecified atom stereocenters. The van der Waals surface area contributed by atoms with Gasteiger partial charge < -0.3 is 0 Å². The SMILES string of the molecule is CSc1ncn(-c2ccccc2)c(=S)n1. The van der Waals surface area contributed by atoms with Crippen LogP contribution in [0.5, 0.6) is 0 Å². The predicted octanol–water partition coefficient (Wildman–Crippen LogP) is 2.72. The number of thioether (sulfide) groups is 1. The highest BCUT2D eigenvalue weighted by Crippen LogP contribution is 2.10. The van der Waals surface area contributed by atoms with Gasteiger partial charge in [-0.25, -0.2) is 4.98 Å². The molecule has 76 valence electrons. The molecule has 0 bridgehead atoms. The van der Waals surface area contributed by atoms with Crippen LogP contribution in [0.15, 0.2) is 41.8 Å². The molecule has 1 aromatic carbocycles. The maximum absolute atomic E-state index is 5.19. The van der Waals surface area contributed by atoms with Crippen molar-refractivity contribution >= 4 is 24.0 Å². The Labute approximate surface area is 97.2 Å². The summed E-state index contributed by atoms with van der Waals surface area (Å²) in [4.78, 5) is 8.38. The number of para-hydroxylation sites is 1. The first-order valence-electron chi connectivity index (χ1n) is 4.36. The van der Waals surface area contributed by atoms with Crippen LogP contribution >= 0.6 is 24.0 Å². The maximum atomic E-state index is 5.19. The van der Waals surface area contributed by atoms with Gasteiger partial charge in [0.1, 0.15) is 6.33 Å². The van der Waals surface area contributed by atoms with Gasteiger partial charge in [0, 0.05) is 5.69 Å². The van der Waals surface area contributed by atoms with E-state index in [-0.39, 0.29) is 0 Å². The van der Waals surface area contributed by atoms with E-state index in [1.54, 1.807) is 10.9 Å². The highest BCUT2D eigenvalue weighted by atomic mass is 32.2. The zero-order chi connectivity index (χ0) is 10.7. The molecule has 0 aliphatic carbocycles. The largest absolute Gasteiger partial charge is 0.276 e. The average Bonchev–Trinajstić information content (AvgIpc) is 2.30. The van der Waals surface area contributed by atoms with Crippen molar-refractivity contribution in [1.29, 1.82) is 0 Å². The van der Waals surface area contributed by atoms with Crippen molar-refractivity contribution in [3.63, 3.8) is 0 Å². The Balaban J connectivity index is 2.51. The fraction of sp³-hybridized carbons (Fsp3) is 0.100. The Morgan fingerprint density at radius 3 is 2.60 bits per heavy atom. The van der Waals surface area contributed by atoms with Gasteiger partial charge in [-0.15, -0.1) is 0 Å². The van der Waals surface area contributed by atoms with E-state index in [0.717, 1.165) is 5.69 Å². The van der Waals surface area contributed by atoms with Crippen LogP contribution in [0, 0.1) is 4.77 Å². The fourth-order valence-corrected chi connectivity index (χ4v) is 1.81. The molecule has 3 nitrogen and oxygen atoms in total. The Bertz CT molecular complexity index is 508. The quantitative estimate of drug-likeness (QED) is 0.591. The molecule has 0 amide bonds. The van der Waals surface area contributed by atoms with Gasteiger partial charge in [-0.05, 0) is 30.6 Å². The lowest BCUT2D eigenvalue weighted by Crippen LogP contribution is -2.01. The molecule has 1 heterocycles. The second kappa shape index (κ2) is 4.55. The van der Waals surface area contributed by atoms with Crippen LogP contribution in [0.3, 0.4) is 0 Å². The van der Waals surface area contributed by atoms with Crippen LogP contribution in [0.25, 0.3) is 5.69 Å². The van der Waals surface area contributed by atoms with Gasteiger partial charge in [0.2, 0.25) is 4.77 Å². The minimum Gasteiger partial charge on any atom is -0.276 e. The molecule has 0 saturated heterocycles. The average molecular weight is 235 g/mol. The van der Waals surface area contributed by atoms with Gasteiger partial charge in [-0.2, -0.15) is 4.98 Å². The number of aromatic nitrogens is 3. The Kier molecular flexibility index (Phi) is 3.13. The molecule has 0 radical (unpaired) electrons. The van der Waals surface area contributed by atoms with Crippen molar-refractivity contribution in [2.45, 2.75) is 5.16 Å². The van der Waals surface area contributed by atoms with Gasteiger partial charge in [-0.3, -0.25) is 4.57 Å². The molecule has 0 aliphatic heterocycles. The molecule has 1 aromatic heterocycles. The highest BCUT2D eigenvalue weighted by molar-refractivity contribution is 7.98. The van der Waals surface area contributed by atoms with Crippen molar-refractivity contribution in [2.75, 3.05) is 6.26 Å². The summed E-state index contributed by atoms with van der Waals surface area (Å²) in [6, 6.07) is 9.82. The second-order valence-electron chi connectivity index (χ2n) is 2.83. The summed E-state index contributed by atoms with van der Waals surface area (Å²) in [5.41, 5.74) is 0.982. The number of hydrogen-bond acceptors (Lipinski definition) is 4. The summed E-state index contributed by atoms with van der Waals surface area (Å²) < 4.78 is 2.32. The maximum Gasteiger partial charge on any atom is 0.207 e. The Hall–Kier alpha value is -1.20. The molecule has 0 fully saturated rings. The molecule has 0 saturated carbocycles. The number of benzene rings is 1. The first-order chi connectivity index (χ1) is 7.31. The van der Waals surface area contributed by atoms with Crippen molar-refractivity contribution in [3.05, 3.63) is 41.4 Å². The van der Waals surface area contributed by atoms with Crippen LogP contribution in [0.2, 0.25) is 0 Å². The molecule has 0 aliphatic rings. The summed E-state index contributed by atoms with van der Waals surface area (Å²) in [5.74, 6) is 0. The van der Waals surface area contributed by atoms with E-state index >= 15 is 0 Å². The lowest BCUT2D eigenvalue weighted by molar-refractivity contribution is 0.812. The lowest BCUT2D eigenvalue weighted by atomic mass is 10.3. The highest BCUT2D eigenvalue weighted by Gasteiger charge is 1.99. The molecule has 2 aromatic rings. The molecular formula is C10H9N3S2. The Morgan fingerprint density at radius 1 is 1.27 bits per heavy atom. The van der Waals surface area contributed by atoms with Crippen molar-refractivity contribution < 1.29 is 0 Å². The third-order valence-corrected chi connectivity index (χ3v) is 2.75. The molecule has 5 heteroatoms. The zero-order valence-corrected chi connectivity index (χ0v) is 9.76. The van der Waals surface area contributed by atoms with E-state index in [4.69, 9.17) is 12.2 Å². The zero-order valence-electron chi connectivity index (χ0n) is 8.12. The van der Waals surface area contributed by atoms with Crippen molar-refractivity contribution in [1.82, 2.24) is 14.5 Å². The standard InChI is InChI=1S/C10H9N3S2/c1-15-9-11-7-13(10(14)12-9)8-5-3-2-4-6-8/h2-7H,1H3.